The van der Waals surface area contributed by atoms with Crippen molar-refractivity contribution in [2.24, 2.45) is 5.73 Å². The number of nitrogens with two attached hydrogens (primary N) is 1. The monoisotopic (exact) mass is 333 g/mol. The fourth-order valence-electron chi connectivity index (χ4n) is 3.11. The average molecular weight is 333 g/mol. The molecule has 0 saturated carbocycles. The van der Waals surface area contributed by atoms with Crippen LogP contribution in [0.15, 0.2) is 30.3 Å². The zero-order valence-electron chi connectivity index (χ0n) is 14.5. The van der Waals surface area contributed by atoms with Crippen molar-refractivity contribution in [3.8, 4) is 0 Å². The quantitative estimate of drug-likeness (QED) is 0.894. The Morgan fingerprint density at radius 3 is 2.67 bits per heavy atom. The van der Waals surface area contributed by atoms with Gasteiger partial charge in [-0.05, 0) is 32.3 Å². The normalized spacial score (nSPS) is 17.7. The van der Waals surface area contributed by atoms with Crippen LogP contribution < -0.4 is 5.73 Å². The molecule has 1 heterocycles. The minimum Gasteiger partial charge on any atom is -0.445 e. The lowest BCUT2D eigenvalue weighted by Crippen LogP contribution is -2.54. The van der Waals surface area contributed by atoms with E-state index in [9.17, 15) is 9.59 Å². The van der Waals surface area contributed by atoms with Crippen molar-refractivity contribution in [2.75, 3.05) is 19.6 Å². The second-order valence-electron chi connectivity index (χ2n) is 6.38. The molecule has 0 bridgehead atoms. The van der Waals surface area contributed by atoms with Gasteiger partial charge in [-0.25, -0.2) is 4.79 Å². The molecule has 0 spiro atoms. The number of carbonyl (C=O) groups is 2. The largest absolute Gasteiger partial charge is 0.445 e. The van der Waals surface area contributed by atoms with E-state index in [1.54, 1.807) is 9.80 Å². The molecule has 0 aliphatic carbocycles. The Kier molecular flexibility index (Phi) is 6.61. The Bertz CT molecular complexity index is 548. The maximum Gasteiger partial charge on any atom is 0.410 e. The Morgan fingerprint density at radius 1 is 1.33 bits per heavy atom. The third kappa shape index (κ3) is 4.71. The first-order valence-electron chi connectivity index (χ1n) is 8.49. The summed E-state index contributed by atoms with van der Waals surface area (Å²) in [7, 11) is 0. The lowest BCUT2D eigenvalue weighted by atomic mass is 10.0. The van der Waals surface area contributed by atoms with Gasteiger partial charge in [-0.1, -0.05) is 30.3 Å². The van der Waals surface area contributed by atoms with Gasteiger partial charge in [0.1, 0.15) is 6.61 Å². The number of rotatable bonds is 5. The number of likely N-dealkylation sites (tertiary alicyclic amines) is 1. The van der Waals surface area contributed by atoms with Gasteiger partial charge in [0.2, 0.25) is 5.91 Å². The summed E-state index contributed by atoms with van der Waals surface area (Å²) >= 11 is 0. The van der Waals surface area contributed by atoms with Crippen molar-refractivity contribution in [1.82, 2.24) is 9.80 Å². The van der Waals surface area contributed by atoms with Gasteiger partial charge < -0.3 is 20.3 Å². The van der Waals surface area contributed by atoms with Crippen molar-refractivity contribution >= 4 is 12.0 Å². The maximum absolute atomic E-state index is 12.6. The van der Waals surface area contributed by atoms with Gasteiger partial charge in [0.05, 0.1) is 12.6 Å². The molecule has 1 aliphatic rings. The number of ether oxygens (including phenoxy) is 1. The van der Waals surface area contributed by atoms with Crippen molar-refractivity contribution in [3.05, 3.63) is 35.9 Å². The molecule has 2 rings (SSSR count). The minimum atomic E-state index is -0.332. The zero-order valence-corrected chi connectivity index (χ0v) is 14.5. The molecular formula is C18H27N3O3. The van der Waals surface area contributed by atoms with E-state index < -0.39 is 0 Å². The number of carbonyl (C=O) groups excluding carboxylic acids is 2. The lowest BCUT2D eigenvalue weighted by molar-refractivity contribution is -0.131. The molecule has 1 aromatic carbocycles. The molecule has 2 N–H and O–H groups in total. The fraction of sp³-hybridized carbons (Fsp3) is 0.556. The molecule has 0 radical (unpaired) electrons. The Balaban J connectivity index is 1.99. The molecule has 132 valence electrons. The summed E-state index contributed by atoms with van der Waals surface area (Å²) in [5.74, 6) is -0.0685. The highest BCUT2D eigenvalue weighted by Crippen LogP contribution is 2.20. The van der Waals surface area contributed by atoms with E-state index >= 15 is 0 Å². The number of piperidine rings is 1. The Labute approximate surface area is 143 Å². The van der Waals surface area contributed by atoms with E-state index in [2.05, 4.69) is 0 Å². The van der Waals surface area contributed by atoms with E-state index in [1.807, 2.05) is 44.2 Å². The van der Waals surface area contributed by atoms with Crippen LogP contribution in [0.25, 0.3) is 0 Å². The molecule has 6 nitrogen and oxygen atoms in total. The maximum atomic E-state index is 12.6. The molecule has 1 saturated heterocycles. The highest BCUT2D eigenvalue weighted by molar-refractivity contribution is 5.78. The summed E-state index contributed by atoms with van der Waals surface area (Å²) in [5, 5.41) is 0. The van der Waals surface area contributed by atoms with Gasteiger partial charge in [-0.2, -0.15) is 0 Å². The summed E-state index contributed by atoms with van der Waals surface area (Å²) in [4.78, 5) is 27.9. The number of hydrogen-bond donors (Lipinski definition) is 1. The number of hydrogen-bond acceptors (Lipinski definition) is 4. The van der Waals surface area contributed by atoms with Gasteiger partial charge in [0.25, 0.3) is 0 Å². The van der Waals surface area contributed by atoms with E-state index in [0.29, 0.717) is 13.1 Å². The average Bonchev–Trinajstić information content (AvgIpc) is 2.60. The third-order valence-corrected chi connectivity index (χ3v) is 4.29. The summed E-state index contributed by atoms with van der Waals surface area (Å²) in [6.45, 7) is 5.42. The summed E-state index contributed by atoms with van der Waals surface area (Å²) in [6.07, 6.45) is 1.40. The molecule has 1 aromatic rings. The molecule has 24 heavy (non-hydrogen) atoms. The molecule has 6 heteroatoms. The van der Waals surface area contributed by atoms with E-state index in [0.717, 1.165) is 18.4 Å². The van der Waals surface area contributed by atoms with Gasteiger partial charge in [0.15, 0.2) is 0 Å². The number of nitrogens with zero attached hydrogens (tertiary/aromatic N) is 2. The van der Waals surface area contributed by atoms with Crippen LogP contribution in [0.1, 0.15) is 32.3 Å². The molecule has 2 amide bonds. The first kappa shape index (κ1) is 18.3. The molecule has 1 atom stereocenters. The number of benzene rings is 1. The van der Waals surface area contributed by atoms with Crippen LogP contribution in [0.4, 0.5) is 4.79 Å². The Morgan fingerprint density at radius 2 is 2.04 bits per heavy atom. The molecule has 1 aliphatic heterocycles. The fourth-order valence-corrected chi connectivity index (χ4v) is 3.11. The smallest absolute Gasteiger partial charge is 0.410 e. The SMILES string of the molecule is CC(C)N(C(=O)OCc1ccccc1)[C@@H]1CCCN(C(=O)CN)C1. The predicted octanol–water partition coefficient (Wildman–Crippen LogP) is 1.98. The second kappa shape index (κ2) is 8.68. The van der Waals surface area contributed by atoms with Crippen LogP contribution in [-0.4, -0.2) is 53.5 Å². The van der Waals surface area contributed by atoms with Crippen LogP contribution in [-0.2, 0) is 16.1 Å². The standard InChI is InChI=1S/C18H27N3O3/c1-14(2)21(16-9-6-10-20(12-16)17(22)11-19)18(23)24-13-15-7-4-3-5-8-15/h3-5,7-8,14,16H,6,9-13,19H2,1-2H3/t16-/m1/s1. The van der Waals surface area contributed by atoms with Crippen LogP contribution in [0, 0.1) is 0 Å². The van der Waals surface area contributed by atoms with Crippen molar-refractivity contribution in [2.45, 2.75) is 45.4 Å². The van der Waals surface area contributed by atoms with Crippen molar-refractivity contribution < 1.29 is 14.3 Å². The third-order valence-electron chi connectivity index (χ3n) is 4.29. The van der Waals surface area contributed by atoms with Crippen LogP contribution >= 0.6 is 0 Å². The minimum absolute atomic E-state index is 0.00574. The van der Waals surface area contributed by atoms with Crippen molar-refractivity contribution in [3.63, 3.8) is 0 Å². The topological polar surface area (TPSA) is 75.9 Å². The summed E-state index contributed by atoms with van der Waals surface area (Å²) in [5.41, 5.74) is 6.42. The van der Waals surface area contributed by atoms with E-state index in [4.69, 9.17) is 10.5 Å². The second-order valence-corrected chi connectivity index (χ2v) is 6.38. The molecule has 0 unspecified atom stereocenters. The summed E-state index contributed by atoms with van der Waals surface area (Å²) in [6, 6.07) is 9.59. The predicted molar refractivity (Wildman–Crippen MR) is 92.3 cm³/mol. The van der Waals surface area contributed by atoms with Crippen LogP contribution in [0.5, 0.6) is 0 Å². The first-order valence-corrected chi connectivity index (χ1v) is 8.49. The van der Waals surface area contributed by atoms with Gasteiger partial charge in [-0.3, -0.25) is 4.79 Å². The highest BCUT2D eigenvalue weighted by Gasteiger charge is 2.32. The van der Waals surface area contributed by atoms with E-state index in [1.165, 1.54) is 0 Å². The van der Waals surface area contributed by atoms with Crippen molar-refractivity contribution in [1.29, 1.82) is 0 Å². The van der Waals surface area contributed by atoms with Gasteiger partial charge in [0, 0.05) is 19.1 Å². The Hall–Kier alpha value is -2.08. The van der Waals surface area contributed by atoms with Crippen LogP contribution in [0.2, 0.25) is 0 Å². The lowest BCUT2D eigenvalue weighted by Gasteiger charge is -2.40. The highest BCUT2D eigenvalue weighted by atomic mass is 16.6. The number of amides is 2. The zero-order chi connectivity index (χ0) is 17.5. The molecule has 1 fully saturated rings. The van der Waals surface area contributed by atoms with Gasteiger partial charge in [-0.15, -0.1) is 0 Å². The molecular weight excluding hydrogens is 306 g/mol. The van der Waals surface area contributed by atoms with Gasteiger partial charge >= 0.3 is 6.09 Å². The van der Waals surface area contributed by atoms with E-state index in [-0.39, 0.29) is 37.2 Å². The first-order chi connectivity index (χ1) is 11.5. The summed E-state index contributed by atoms with van der Waals surface area (Å²) < 4.78 is 5.49. The van der Waals surface area contributed by atoms with Crippen LogP contribution in [0.3, 0.4) is 0 Å². The molecule has 0 aromatic heterocycles.